The summed E-state index contributed by atoms with van der Waals surface area (Å²) >= 11 is 0. The van der Waals surface area contributed by atoms with Crippen LogP contribution in [0.25, 0.3) is 10.9 Å². The van der Waals surface area contributed by atoms with Crippen molar-refractivity contribution in [2.75, 3.05) is 13.2 Å². The maximum Gasteiger partial charge on any atom is 0.407 e. The monoisotopic (exact) mass is 412 g/mol. The van der Waals surface area contributed by atoms with Gasteiger partial charge in [0, 0.05) is 29.1 Å². The molecule has 8 heteroatoms. The first-order valence-corrected chi connectivity index (χ1v) is 9.41. The molecule has 0 unspecified atom stereocenters. The molecular formula is C22H21FN2O5. The number of esters is 1. The molecule has 7 nitrogen and oxygen atoms in total. The minimum Gasteiger partial charge on any atom is -0.456 e. The van der Waals surface area contributed by atoms with Crippen molar-refractivity contribution < 1.29 is 28.2 Å². The average molecular weight is 412 g/mol. The lowest BCUT2D eigenvalue weighted by Crippen LogP contribution is -2.44. The number of hydrogen-bond donors (Lipinski definition) is 2. The van der Waals surface area contributed by atoms with E-state index in [-0.39, 0.29) is 18.6 Å². The Hall–Kier alpha value is -3.68. The van der Waals surface area contributed by atoms with Gasteiger partial charge in [-0.1, -0.05) is 18.2 Å². The van der Waals surface area contributed by atoms with E-state index < -0.39 is 36.3 Å². The predicted octanol–water partition coefficient (Wildman–Crippen LogP) is 3.39. The number of aromatic amines is 1. The van der Waals surface area contributed by atoms with Gasteiger partial charge in [-0.3, -0.25) is 4.79 Å². The number of para-hydroxylation sites is 1. The van der Waals surface area contributed by atoms with Crippen molar-refractivity contribution in [3.05, 3.63) is 71.7 Å². The SMILES string of the molecule is CCOC(=O)N[C@H](Cc1c[nH]c2ccccc12)C(=O)OCC(=O)c1ccc(F)cc1. The number of nitrogens with one attached hydrogen (secondary N) is 2. The van der Waals surface area contributed by atoms with Crippen LogP contribution in [0, 0.1) is 5.82 Å². The normalized spacial score (nSPS) is 11.7. The van der Waals surface area contributed by atoms with Gasteiger partial charge in [0.05, 0.1) is 6.61 Å². The third-order valence-corrected chi connectivity index (χ3v) is 4.46. The number of ketones is 1. The molecule has 2 aromatic carbocycles. The Balaban J connectivity index is 1.70. The second kappa shape index (κ2) is 9.69. The zero-order valence-electron chi connectivity index (χ0n) is 16.3. The molecule has 1 aromatic heterocycles. The molecule has 0 fully saturated rings. The van der Waals surface area contributed by atoms with Gasteiger partial charge in [-0.15, -0.1) is 0 Å². The Morgan fingerprint density at radius 2 is 1.80 bits per heavy atom. The lowest BCUT2D eigenvalue weighted by Gasteiger charge is -2.17. The van der Waals surface area contributed by atoms with Crippen LogP contribution in [-0.4, -0.2) is 42.1 Å². The number of aromatic nitrogens is 1. The molecule has 0 aliphatic heterocycles. The summed E-state index contributed by atoms with van der Waals surface area (Å²) in [5.74, 6) is -1.73. The number of hydrogen-bond acceptors (Lipinski definition) is 5. The molecular weight excluding hydrogens is 391 g/mol. The summed E-state index contributed by atoms with van der Waals surface area (Å²) in [5, 5.41) is 3.39. The first kappa shape index (κ1) is 21.0. The Bertz CT molecular complexity index is 1050. The van der Waals surface area contributed by atoms with Crippen LogP contribution < -0.4 is 5.32 Å². The molecule has 2 N–H and O–H groups in total. The Morgan fingerprint density at radius 1 is 1.07 bits per heavy atom. The van der Waals surface area contributed by atoms with E-state index in [4.69, 9.17) is 9.47 Å². The third-order valence-electron chi connectivity index (χ3n) is 4.46. The van der Waals surface area contributed by atoms with Crippen LogP contribution in [0.1, 0.15) is 22.8 Å². The maximum absolute atomic E-state index is 13.0. The van der Waals surface area contributed by atoms with Gasteiger partial charge < -0.3 is 19.8 Å². The lowest BCUT2D eigenvalue weighted by molar-refractivity contribution is -0.144. The number of ether oxygens (including phenoxy) is 2. The Kier molecular flexibility index (Phi) is 6.79. The molecule has 156 valence electrons. The Labute approximate surface area is 172 Å². The first-order valence-electron chi connectivity index (χ1n) is 9.41. The molecule has 1 heterocycles. The van der Waals surface area contributed by atoms with Crippen LogP contribution in [0.4, 0.5) is 9.18 Å². The van der Waals surface area contributed by atoms with E-state index in [9.17, 15) is 18.8 Å². The summed E-state index contributed by atoms with van der Waals surface area (Å²) in [4.78, 5) is 39.8. The molecule has 0 aliphatic carbocycles. The van der Waals surface area contributed by atoms with Crippen LogP contribution in [0.3, 0.4) is 0 Å². The minimum atomic E-state index is -1.05. The van der Waals surface area contributed by atoms with Gasteiger partial charge in [-0.25, -0.2) is 14.0 Å². The van der Waals surface area contributed by atoms with Gasteiger partial charge in [0.1, 0.15) is 11.9 Å². The number of benzene rings is 2. The summed E-state index contributed by atoms with van der Waals surface area (Å²) < 4.78 is 23.0. The van der Waals surface area contributed by atoms with Gasteiger partial charge in [-0.05, 0) is 42.8 Å². The van der Waals surface area contributed by atoms with Crippen molar-refractivity contribution in [1.29, 1.82) is 0 Å². The van der Waals surface area contributed by atoms with E-state index in [1.165, 1.54) is 12.1 Å². The van der Waals surface area contributed by atoms with Crippen molar-refractivity contribution >= 4 is 28.7 Å². The second-order valence-electron chi connectivity index (χ2n) is 6.52. The topological polar surface area (TPSA) is 97.5 Å². The van der Waals surface area contributed by atoms with E-state index in [1.54, 1.807) is 13.1 Å². The van der Waals surface area contributed by atoms with E-state index in [1.807, 2.05) is 24.3 Å². The molecule has 0 bridgehead atoms. The molecule has 0 saturated carbocycles. The van der Waals surface area contributed by atoms with Gasteiger partial charge >= 0.3 is 12.1 Å². The van der Waals surface area contributed by atoms with Crippen molar-refractivity contribution in [3.8, 4) is 0 Å². The largest absolute Gasteiger partial charge is 0.456 e. The van der Waals surface area contributed by atoms with Crippen LogP contribution in [-0.2, 0) is 20.7 Å². The summed E-state index contributed by atoms with van der Waals surface area (Å²) in [6.07, 6.45) is 1.14. The summed E-state index contributed by atoms with van der Waals surface area (Å²) in [7, 11) is 0. The third kappa shape index (κ3) is 5.22. The first-order chi connectivity index (χ1) is 14.5. The fourth-order valence-electron chi connectivity index (χ4n) is 2.99. The minimum absolute atomic E-state index is 0.143. The molecule has 1 atom stereocenters. The maximum atomic E-state index is 13.0. The van der Waals surface area contributed by atoms with Gasteiger partial charge in [0.25, 0.3) is 0 Å². The molecule has 0 spiro atoms. The summed E-state index contributed by atoms with van der Waals surface area (Å²) in [6, 6.07) is 11.4. The molecule has 3 rings (SSSR count). The van der Waals surface area contributed by atoms with Gasteiger partial charge in [0.15, 0.2) is 12.4 Å². The average Bonchev–Trinajstić information content (AvgIpc) is 3.15. The quantitative estimate of drug-likeness (QED) is 0.437. The highest BCUT2D eigenvalue weighted by Crippen LogP contribution is 2.19. The number of halogens is 1. The fraction of sp³-hybridized carbons (Fsp3) is 0.227. The number of rotatable bonds is 8. The van der Waals surface area contributed by atoms with Crippen LogP contribution >= 0.6 is 0 Å². The van der Waals surface area contributed by atoms with Crippen molar-refractivity contribution in [2.45, 2.75) is 19.4 Å². The van der Waals surface area contributed by atoms with Crippen molar-refractivity contribution in [1.82, 2.24) is 10.3 Å². The van der Waals surface area contributed by atoms with Crippen LogP contribution in [0.5, 0.6) is 0 Å². The zero-order chi connectivity index (χ0) is 21.5. The number of carbonyl (C=O) groups excluding carboxylic acids is 3. The zero-order valence-corrected chi connectivity index (χ0v) is 16.3. The number of carbonyl (C=O) groups is 3. The summed E-state index contributed by atoms with van der Waals surface area (Å²) in [5.41, 5.74) is 1.91. The number of amides is 1. The van der Waals surface area contributed by atoms with Crippen molar-refractivity contribution in [2.24, 2.45) is 0 Å². The molecule has 1 amide bonds. The highest BCUT2D eigenvalue weighted by atomic mass is 19.1. The van der Waals surface area contributed by atoms with Crippen LogP contribution in [0.2, 0.25) is 0 Å². The van der Waals surface area contributed by atoms with Crippen molar-refractivity contribution in [3.63, 3.8) is 0 Å². The number of H-pyrrole nitrogens is 1. The fourth-order valence-corrected chi connectivity index (χ4v) is 2.99. The van der Waals surface area contributed by atoms with E-state index in [2.05, 4.69) is 10.3 Å². The Morgan fingerprint density at radius 3 is 2.53 bits per heavy atom. The smallest absolute Gasteiger partial charge is 0.407 e. The molecule has 30 heavy (non-hydrogen) atoms. The molecule has 0 saturated heterocycles. The van der Waals surface area contributed by atoms with E-state index >= 15 is 0 Å². The van der Waals surface area contributed by atoms with E-state index in [0.717, 1.165) is 28.6 Å². The van der Waals surface area contributed by atoms with Gasteiger partial charge in [-0.2, -0.15) is 0 Å². The predicted molar refractivity (Wildman–Crippen MR) is 108 cm³/mol. The number of alkyl carbamates (subject to hydrolysis) is 1. The van der Waals surface area contributed by atoms with Gasteiger partial charge in [0.2, 0.25) is 0 Å². The molecule has 0 aliphatic rings. The summed E-state index contributed by atoms with van der Waals surface area (Å²) in [6.45, 7) is 1.26. The highest BCUT2D eigenvalue weighted by Gasteiger charge is 2.25. The standard InChI is InChI=1S/C22H21FN2O5/c1-2-29-22(28)25-19(11-15-12-24-18-6-4-3-5-17(15)18)21(27)30-13-20(26)14-7-9-16(23)10-8-14/h3-10,12,19,24H,2,11,13H2,1H3,(H,25,28)/t19-/m1/s1. The van der Waals surface area contributed by atoms with E-state index in [0.29, 0.717) is 0 Å². The lowest BCUT2D eigenvalue weighted by atomic mass is 10.1. The molecule has 3 aromatic rings. The second-order valence-corrected chi connectivity index (χ2v) is 6.52. The molecule has 0 radical (unpaired) electrons. The highest BCUT2D eigenvalue weighted by molar-refractivity contribution is 5.98. The number of Topliss-reactive ketones (excluding diaryl/α,β-unsaturated/α-hetero) is 1. The van der Waals surface area contributed by atoms with Crippen LogP contribution in [0.15, 0.2) is 54.7 Å². The number of fused-ring (bicyclic) bond motifs is 1.